The van der Waals surface area contributed by atoms with Gasteiger partial charge in [0.1, 0.15) is 0 Å². The van der Waals surface area contributed by atoms with Gasteiger partial charge in [0.25, 0.3) is 5.91 Å². The van der Waals surface area contributed by atoms with Crippen molar-refractivity contribution in [1.82, 2.24) is 5.32 Å². The number of hydrogen-bond acceptors (Lipinski definition) is 2. The highest BCUT2D eigenvalue weighted by Crippen LogP contribution is 2.10. The molecule has 0 spiro atoms. The lowest BCUT2D eigenvalue weighted by molar-refractivity contribution is -0.115. The molecule has 0 atom stereocenters. The van der Waals surface area contributed by atoms with Crippen LogP contribution in [-0.4, -0.2) is 18.4 Å². The number of nitrogens with one attached hydrogen (secondary N) is 2. The van der Waals surface area contributed by atoms with Crippen molar-refractivity contribution in [2.75, 3.05) is 11.9 Å². The van der Waals surface area contributed by atoms with Crippen LogP contribution in [0, 0.1) is 20.8 Å². The predicted molar refractivity (Wildman–Crippen MR) is 88.1 cm³/mol. The molecule has 0 saturated carbocycles. The minimum absolute atomic E-state index is 0.0559. The monoisotopic (exact) mass is 296 g/mol. The Hall–Kier alpha value is -2.62. The highest BCUT2D eigenvalue weighted by molar-refractivity contribution is 5.99. The number of aryl methyl sites for hydroxylation is 3. The molecular weight excluding hydrogens is 276 g/mol. The third kappa shape index (κ3) is 4.19. The number of anilines is 1. The lowest BCUT2D eigenvalue weighted by Gasteiger charge is -2.08. The fraction of sp³-hybridized carbons (Fsp3) is 0.222. The second-order valence-corrected chi connectivity index (χ2v) is 5.40. The summed E-state index contributed by atoms with van der Waals surface area (Å²) in [4.78, 5) is 23.9. The minimum Gasteiger partial charge on any atom is -0.343 e. The SMILES string of the molecule is Cc1cccc(NC(=O)CNC(=O)c2ccc(C)c(C)c2)c1. The first-order valence-electron chi connectivity index (χ1n) is 7.17. The standard InChI is InChI=1S/C18H20N2O2/c1-12-5-4-6-16(9-12)20-17(21)11-19-18(22)15-8-7-13(2)14(3)10-15/h4-10H,11H2,1-3H3,(H,19,22)(H,20,21). The van der Waals surface area contributed by atoms with Crippen LogP contribution in [0.3, 0.4) is 0 Å². The topological polar surface area (TPSA) is 58.2 Å². The number of benzene rings is 2. The molecule has 22 heavy (non-hydrogen) atoms. The summed E-state index contributed by atoms with van der Waals surface area (Å²) in [6.07, 6.45) is 0. The Kier molecular flexibility index (Phi) is 4.94. The zero-order valence-electron chi connectivity index (χ0n) is 13.1. The maximum atomic E-state index is 12.0. The Morgan fingerprint density at radius 2 is 1.73 bits per heavy atom. The van der Waals surface area contributed by atoms with Gasteiger partial charge >= 0.3 is 0 Å². The molecular formula is C18H20N2O2. The zero-order valence-corrected chi connectivity index (χ0v) is 13.1. The van der Waals surface area contributed by atoms with E-state index in [2.05, 4.69) is 10.6 Å². The summed E-state index contributed by atoms with van der Waals surface area (Å²) in [7, 11) is 0. The summed E-state index contributed by atoms with van der Waals surface area (Å²) < 4.78 is 0. The van der Waals surface area contributed by atoms with E-state index >= 15 is 0 Å². The predicted octanol–water partition coefficient (Wildman–Crippen LogP) is 2.98. The van der Waals surface area contributed by atoms with Crippen LogP contribution in [0.15, 0.2) is 42.5 Å². The molecule has 2 rings (SSSR count). The van der Waals surface area contributed by atoms with Gasteiger partial charge in [-0.3, -0.25) is 9.59 Å². The molecule has 2 aromatic rings. The number of rotatable bonds is 4. The van der Waals surface area contributed by atoms with Gasteiger partial charge in [-0.15, -0.1) is 0 Å². The van der Waals surface area contributed by atoms with Gasteiger partial charge in [-0.05, 0) is 61.7 Å². The molecule has 2 aromatic carbocycles. The van der Waals surface area contributed by atoms with Gasteiger partial charge in [0.05, 0.1) is 6.54 Å². The van der Waals surface area contributed by atoms with Crippen LogP contribution in [0.5, 0.6) is 0 Å². The molecule has 0 heterocycles. The Morgan fingerprint density at radius 1 is 0.955 bits per heavy atom. The van der Waals surface area contributed by atoms with Gasteiger partial charge in [-0.25, -0.2) is 0 Å². The van der Waals surface area contributed by atoms with Crippen molar-refractivity contribution >= 4 is 17.5 Å². The highest BCUT2D eigenvalue weighted by atomic mass is 16.2. The fourth-order valence-corrected chi connectivity index (χ4v) is 2.07. The van der Waals surface area contributed by atoms with Crippen LogP contribution in [0.25, 0.3) is 0 Å². The van der Waals surface area contributed by atoms with Gasteiger partial charge in [0, 0.05) is 11.3 Å². The fourth-order valence-electron chi connectivity index (χ4n) is 2.07. The van der Waals surface area contributed by atoms with Gasteiger partial charge < -0.3 is 10.6 Å². The Bertz CT molecular complexity index is 708. The van der Waals surface area contributed by atoms with Gasteiger partial charge in [-0.1, -0.05) is 18.2 Å². The van der Waals surface area contributed by atoms with E-state index < -0.39 is 0 Å². The minimum atomic E-state index is -0.248. The molecule has 0 aliphatic carbocycles. The Labute approximate surface area is 130 Å². The van der Waals surface area contributed by atoms with Crippen LogP contribution in [0.4, 0.5) is 5.69 Å². The molecule has 0 saturated heterocycles. The molecule has 0 radical (unpaired) electrons. The van der Waals surface area contributed by atoms with Crippen molar-refractivity contribution in [3.63, 3.8) is 0 Å². The summed E-state index contributed by atoms with van der Waals surface area (Å²) >= 11 is 0. The summed E-state index contributed by atoms with van der Waals surface area (Å²) in [6.45, 7) is 5.85. The van der Waals surface area contributed by atoms with Crippen molar-refractivity contribution in [1.29, 1.82) is 0 Å². The average Bonchev–Trinajstić information content (AvgIpc) is 2.47. The number of hydrogen-bond donors (Lipinski definition) is 2. The molecule has 0 aliphatic heterocycles. The lowest BCUT2D eigenvalue weighted by Crippen LogP contribution is -2.32. The number of carbonyl (C=O) groups is 2. The lowest BCUT2D eigenvalue weighted by atomic mass is 10.1. The first-order valence-corrected chi connectivity index (χ1v) is 7.17. The van der Waals surface area contributed by atoms with Crippen LogP contribution in [0.1, 0.15) is 27.0 Å². The maximum Gasteiger partial charge on any atom is 0.251 e. The molecule has 0 unspecified atom stereocenters. The van der Waals surface area contributed by atoms with E-state index in [9.17, 15) is 9.59 Å². The number of carbonyl (C=O) groups excluding carboxylic acids is 2. The van der Waals surface area contributed by atoms with Crippen LogP contribution >= 0.6 is 0 Å². The van der Waals surface area contributed by atoms with Crippen LogP contribution in [0.2, 0.25) is 0 Å². The molecule has 0 bridgehead atoms. The average molecular weight is 296 g/mol. The van der Waals surface area contributed by atoms with E-state index in [-0.39, 0.29) is 18.4 Å². The molecule has 4 heteroatoms. The van der Waals surface area contributed by atoms with E-state index in [4.69, 9.17) is 0 Å². The normalized spacial score (nSPS) is 10.1. The zero-order chi connectivity index (χ0) is 16.1. The third-order valence-corrected chi connectivity index (χ3v) is 3.48. The van der Waals surface area contributed by atoms with Gasteiger partial charge in [-0.2, -0.15) is 0 Å². The van der Waals surface area contributed by atoms with Crippen LogP contribution < -0.4 is 10.6 Å². The van der Waals surface area contributed by atoms with E-state index in [1.54, 1.807) is 6.07 Å². The van der Waals surface area contributed by atoms with E-state index in [0.29, 0.717) is 5.56 Å². The summed E-state index contributed by atoms with van der Waals surface area (Å²) in [5.41, 5.74) is 4.54. The van der Waals surface area contributed by atoms with Gasteiger partial charge in [0.15, 0.2) is 0 Å². The van der Waals surface area contributed by atoms with Crippen molar-refractivity contribution in [2.45, 2.75) is 20.8 Å². The molecule has 2 N–H and O–H groups in total. The molecule has 0 aliphatic rings. The summed E-state index contributed by atoms with van der Waals surface area (Å²) in [5, 5.41) is 5.39. The van der Waals surface area contributed by atoms with Crippen molar-refractivity contribution in [2.24, 2.45) is 0 Å². The van der Waals surface area contributed by atoms with E-state index in [1.165, 1.54) is 0 Å². The first kappa shape index (κ1) is 15.8. The third-order valence-electron chi connectivity index (χ3n) is 3.48. The van der Waals surface area contributed by atoms with E-state index in [0.717, 1.165) is 22.4 Å². The molecule has 2 amide bonds. The summed E-state index contributed by atoms with van der Waals surface area (Å²) in [6, 6.07) is 13.0. The maximum absolute atomic E-state index is 12.0. The summed E-state index contributed by atoms with van der Waals surface area (Å²) in [5.74, 6) is -0.495. The van der Waals surface area contributed by atoms with Crippen molar-refractivity contribution in [3.05, 3.63) is 64.7 Å². The second-order valence-electron chi connectivity index (χ2n) is 5.40. The smallest absolute Gasteiger partial charge is 0.251 e. The van der Waals surface area contributed by atoms with Crippen molar-refractivity contribution in [3.8, 4) is 0 Å². The quantitative estimate of drug-likeness (QED) is 0.911. The molecule has 114 valence electrons. The highest BCUT2D eigenvalue weighted by Gasteiger charge is 2.09. The van der Waals surface area contributed by atoms with E-state index in [1.807, 2.05) is 57.2 Å². The Morgan fingerprint density at radius 3 is 2.41 bits per heavy atom. The molecule has 0 fully saturated rings. The molecule has 0 aromatic heterocycles. The second kappa shape index (κ2) is 6.89. The Balaban J connectivity index is 1.90. The van der Waals surface area contributed by atoms with Gasteiger partial charge in [0.2, 0.25) is 5.91 Å². The largest absolute Gasteiger partial charge is 0.343 e. The number of amides is 2. The molecule has 4 nitrogen and oxygen atoms in total. The first-order chi connectivity index (χ1) is 10.5. The van der Waals surface area contributed by atoms with Crippen LogP contribution in [-0.2, 0) is 4.79 Å². The van der Waals surface area contributed by atoms with Crippen molar-refractivity contribution < 1.29 is 9.59 Å².